The van der Waals surface area contributed by atoms with Crippen LogP contribution >= 0.6 is 0 Å². The Hall–Kier alpha value is -1.06. The molecule has 1 saturated heterocycles. The van der Waals surface area contributed by atoms with Gasteiger partial charge in [0, 0.05) is 25.3 Å². The SMILES string of the molecule is Cc1cc(CN)ccc1N1CCOC(C)C1. The van der Waals surface area contributed by atoms with Gasteiger partial charge in [-0.05, 0) is 31.0 Å². The van der Waals surface area contributed by atoms with Crippen LogP contribution in [0, 0.1) is 6.92 Å². The van der Waals surface area contributed by atoms with Crippen LogP contribution in [0.25, 0.3) is 0 Å². The van der Waals surface area contributed by atoms with Crippen molar-refractivity contribution in [3.8, 4) is 0 Å². The summed E-state index contributed by atoms with van der Waals surface area (Å²) in [4.78, 5) is 2.39. The molecule has 2 N–H and O–H groups in total. The summed E-state index contributed by atoms with van der Waals surface area (Å²) in [6.45, 7) is 7.65. The number of nitrogens with two attached hydrogens (primary N) is 1. The summed E-state index contributed by atoms with van der Waals surface area (Å²) in [5.74, 6) is 0. The fraction of sp³-hybridized carbons (Fsp3) is 0.538. The molecule has 3 heteroatoms. The second kappa shape index (κ2) is 4.85. The minimum atomic E-state index is 0.322. The van der Waals surface area contributed by atoms with E-state index in [4.69, 9.17) is 10.5 Å². The molecule has 0 saturated carbocycles. The maximum atomic E-state index is 5.64. The molecule has 0 amide bonds. The van der Waals surface area contributed by atoms with Crippen LogP contribution in [0.1, 0.15) is 18.1 Å². The molecular formula is C13H20N2O. The summed E-state index contributed by atoms with van der Waals surface area (Å²) in [5.41, 5.74) is 9.45. The summed E-state index contributed by atoms with van der Waals surface area (Å²) in [5, 5.41) is 0. The molecule has 1 aliphatic heterocycles. The number of benzene rings is 1. The Labute approximate surface area is 97.2 Å². The second-order valence-corrected chi connectivity index (χ2v) is 4.45. The molecule has 0 aromatic heterocycles. The summed E-state index contributed by atoms with van der Waals surface area (Å²) >= 11 is 0. The fourth-order valence-corrected chi connectivity index (χ4v) is 2.24. The van der Waals surface area contributed by atoms with Crippen LogP contribution in [-0.4, -0.2) is 25.8 Å². The third kappa shape index (κ3) is 2.36. The average Bonchev–Trinajstić information content (AvgIpc) is 2.28. The number of nitrogens with zero attached hydrogens (tertiary/aromatic N) is 1. The van der Waals surface area contributed by atoms with Crippen LogP contribution in [0.3, 0.4) is 0 Å². The van der Waals surface area contributed by atoms with Crippen LogP contribution < -0.4 is 10.6 Å². The van der Waals surface area contributed by atoms with Crippen LogP contribution in [0.15, 0.2) is 18.2 Å². The van der Waals surface area contributed by atoms with E-state index in [0.717, 1.165) is 19.7 Å². The monoisotopic (exact) mass is 220 g/mol. The minimum absolute atomic E-state index is 0.322. The predicted octanol–water partition coefficient (Wildman–Crippen LogP) is 1.68. The van der Waals surface area contributed by atoms with E-state index >= 15 is 0 Å². The van der Waals surface area contributed by atoms with Crippen LogP contribution in [0.4, 0.5) is 5.69 Å². The highest BCUT2D eigenvalue weighted by Crippen LogP contribution is 2.23. The lowest BCUT2D eigenvalue weighted by molar-refractivity contribution is 0.0532. The largest absolute Gasteiger partial charge is 0.375 e. The maximum Gasteiger partial charge on any atom is 0.0722 e. The quantitative estimate of drug-likeness (QED) is 0.824. The Morgan fingerprint density at radius 2 is 2.31 bits per heavy atom. The van der Waals surface area contributed by atoms with Crippen LogP contribution in [0.2, 0.25) is 0 Å². The minimum Gasteiger partial charge on any atom is -0.375 e. The molecule has 1 aromatic carbocycles. The van der Waals surface area contributed by atoms with E-state index in [1.165, 1.54) is 16.8 Å². The molecule has 0 bridgehead atoms. The zero-order valence-corrected chi connectivity index (χ0v) is 10.1. The van der Waals surface area contributed by atoms with Gasteiger partial charge in [-0.2, -0.15) is 0 Å². The summed E-state index contributed by atoms with van der Waals surface area (Å²) in [6.07, 6.45) is 0.322. The van der Waals surface area contributed by atoms with Crippen molar-refractivity contribution in [3.63, 3.8) is 0 Å². The normalized spacial score (nSPS) is 21.2. The number of ether oxygens (including phenoxy) is 1. The molecule has 1 unspecified atom stereocenters. The average molecular weight is 220 g/mol. The van der Waals surface area contributed by atoms with Crippen molar-refractivity contribution in [1.29, 1.82) is 0 Å². The molecule has 1 atom stereocenters. The first kappa shape index (κ1) is 11.4. The molecule has 0 spiro atoms. The number of hydrogen-bond donors (Lipinski definition) is 1. The van der Waals surface area contributed by atoms with Gasteiger partial charge in [-0.1, -0.05) is 12.1 Å². The van der Waals surface area contributed by atoms with Crippen LogP contribution in [-0.2, 0) is 11.3 Å². The topological polar surface area (TPSA) is 38.5 Å². The molecule has 1 heterocycles. The van der Waals surface area contributed by atoms with Gasteiger partial charge in [0.15, 0.2) is 0 Å². The van der Waals surface area contributed by atoms with E-state index in [1.54, 1.807) is 0 Å². The maximum absolute atomic E-state index is 5.64. The Kier molecular flexibility index (Phi) is 3.46. The van der Waals surface area contributed by atoms with Crippen molar-refractivity contribution in [2.45, 2.75) is 26.5 Å². The van der Waals surface area contributed by atoms with Crippen molar-refractivity contribution in [3.05, 3.63) is 29.3 Å². The van der Waals surface area contributed by atoms with Gasteiger partial charge in [-0.25, -0.2) is 0 Å². The molecule has 2 rings (SSSR count). The highest BCUT2D eigenvalue weighted by atomic mass is 16.5. The molecule has 3 nitrogen and oxygen atoms in total. The summed E-state index contributed by atoms with van der Waals surface area (Å²) < 4.78 is 5.55. The first-order valence-corrected chi connectivity index (χ1v) is 5.87. The molecule has 0 aliphatic carbocycles. The molecule has 1 aliphatic rings. The van der Waals surface area contributed by atoms with E-state index < -0.39 is 0 Å². The van der Waals surface area contributed by atoms with Gasteiger partial charge < -0.3 is 15.4 Å². The molecular weight excluding hydrogens is 200 g/mol. The van der Waals surface area contributed by atoms with E-state index in [0.29, 0.717) is 12.6 Å². The summed E-state index contributed by atoms with van der Waals surface area (Å²) in [6, 6.07) is 6.47. The highest BCUT2D eigenvalue weighted by Gasteiger charge is 2.18. The number of hydrogen-bond acceptors (Lipinski definition) is 3. The number of anilines is 1. The van der Waals surface area contributed by atoms with Gasteiger partial charge in [0.25, 0.3) is 0 Å². The highest BCUT2D eigenvalue weighted by molar-refractivity contribution is 5.54. The first-order valence-electron chi connectivity index (χ1n) is 5.87. The van der Waals surface area contributed by atoms with Gasteiger partial charge >= 0.3 is 0 Å². The fourth-order valence-electron chi connectivity index (χ4n) is 2.24. The number of aryl methyl sites for hydroxylation is 1. The molecule has 1 aromatic rings. The lowest BCUT2D eigenvalue weighted by Crippen LogP contribution is -2.41. The zero-order valence-electron chi connectivity index (χ0n) is 10.1. The van der Waals surface area contributed by atoms with Gasteiger partial charge in [0.2, 0.25) is 0 Å². The van der Waals surface area contributed by atoms with Gasteiger partial charge in [-0.3, -0.25) is 0 Å². The van der Waals surface area contributed by atoms with Gasteiger partial charge in [-0.15, -0.1) is 0 Å². The van der Waals surface area contributed by atoms with Crippen molar-refractivity contribution in [2.24, 2.45) is 5.73 Å². The Balaban J connectivity index is 2.19. The van der Waals surface area contributed by atoms with E-state index in [9.17, 15) is 0 Å². The lowest BCUT2D eigenvalue weighted by Gasteiger charge is -2.34. The molecule has 16 heavy (non-hydrogen) atoms. The second-order valence-electron chi connectivity index (χ2n) is 4.45. The van der Waals surface area contributed by atoms with E-state index in [2.05, 4.69) is 36.9 Å². The van der Waals surface area contributed by atoms with E-state index in [1.807, 2.05) is 0 Å². The zero-order chi connectivity index (χ0) is 11.5. The Morgan fingerprint density at radius 1 is 1.50 bits per heavy atom. The number of morpholine rings is 1. The van der Waals surface area contributed by atoms with Crippen molar-refractivity contribution in [2.75, 3.05) is 24.6 Å². The third-order valence-electron chi connectivity index (χ3n) is 3.08. The Morgan fingerprint density at radius 3 is 2.94 bits per heavy atom. The van der Waals surface area contributed by atoms with Crippen LogP contribution in [0.5, 0.6) is 0 Å². The molecule has 0 radical (unpaired) electrons. The van der Waals surface area contributed by atoms with Crippen molar-refractivity contribution < 1.29 is 4.74 Å². The standard InChI is InChI=1S/C13H20N2O/c1-10-7-12(8-14)3-4-13(10)15-5-6-16-11(2)9-15/h3-4,7,11H,5-6,8-9,14H2,1-2H3. The van der Waals surface area contributed by atoms with Crippen molar-refractivity contribution in [1.82, 2.24) is 0 Å². The first-order chi connectivity index (χ1) is 7.70. The molecule has 1 fully saturated rings. The smallest absolute Gasteiger partial charge is 0.0722 e. The molecule has 88 valence electrons. The lowest BCUT2D eigenvalue weighted by atomic mass is 10.1. The van der Waals surface area contributed by atoms with E-state index in [-0.39, 0.29) is 0 Å². The summed E-state index contributed by atoms with van der Waals surface area (Å²) in [7, 11) is 0. The Bertz CT molecular complexity index is 365. The van der Waals surface area contributed by atoms with Gasteiger partial charge in [0.05, 0.1) is 12.7 Å². The van der Waals surface area contributed by atoms with Gasteiger partial charge in [0.1, 0.15) is 0 Å². The number of rotatable bonds is 2. The van der Waals surface area contributed by atoms with Crippen molar-refractivity contribution >= 4 is 5.69 Å². The third-order valence-corrected chi connectivity index (χ3v) is 3.08. The predicted molar refractivity (Wildman–Crippen MR) is 66.7 cm³/mol.